The minimum atomic E-state index is 0.168. The van der Waals surface area contributed by atoms with Crippen molar-refractivity contribution >= 4 is 5.71 Å². The Balaban J connectivity index is 2.97. The largest absolute Gasteiger partial charge is 0.411 e. The molecule has 0 spiro atoms. The van der Waals surface area contributed by atoms with Crippen molar-refractivity contribution in [2.75, 3.05) is 0 Å². The van der Waals surface area contributed by atoms with Gasteiger partial charge in [-0.25, -0.2) is 9.97 Å². The van der Waals surface area contributed by atoms with E-state index in [1.54, 1.807) is 12.4 Å². The van der Waals surface area contributed by atoms with Crippen molar-refractivity contribution in [1.82, 2.24) is 9.97 Å². The second-order valence-corrected chi connectivity index (χ2v) is 2.77. The summed E-state index contributed by atoms with van der Waals surface area (Å²) in [6, 6.07) is 0. The summed E-state index contributed by atoms with van der Waals surface area (Å²) in [6.45, 7) is 3.89. The summed E-state index contributed by atoms with van der Waals surface area (Å²) in [7, 11) is 0. The summed E-state index contributed by atoms with van der Waals surface area (Å²) in [6.07, 6.45) is 4.70. The molecule has 0 radical (unpaired) electrons. The highest BCUT2D eigenvalue weighted by molar-refractivity contribution is 6.00. The molecule has 0 unspecified atom stereocenters. The van der Waals surface area contributed by atoms with Crippen LogP contribution in [-0.2, 0) is 0 Å². The molecule has 0 aliphatic carbocycles. The normalized spacial score (nSPS) is 12.1. The lowest BCUT2D eigenvalue weighted by Crippen LogP contribution is -2.09. The van der Waals surface area contributed by atoms with Gasteiger partial charge in [-0.3, -0.25) is 0 Å². The summed E-state index contributed by atoms with van der Waals surface area (Å²) in [5, 5.41) is 11.9. The van der Waals surface area contributed by atoms with Crippen LogP contribution in [0.15, 0.2) is 23.9 Å². The smallest absolute Gasteiger partial charge is 0.115 e. The van der Waals surface area contributed by atoms with E-state index in [-0.39, 0.29) is 5.92 Å². The van der Waals surface area contributed by atoms with Gasteiger partial charge in [-0.05, 0) is 5.92 Å². The van der Waals surface area contributed by atoms with Crippen LogP contribution >= 0.6 is 0 Å². The first-order chi connectivity index (χ1) is 5.75. The zero-order valence-corrected chi connectivity index (χ0v) is 7.10. The Labute approximate surface area is 71.0 Å². The molecule has 0 amide bonds. The summed E-state index contributed by atoms with van der Waals surface area (Å²) < 4.78 is 0. The Morgan fingerprint density at radius 3 is 2.42 bits per heavy atom. The summed E-state index contributed by atoms with van der Waals surface area (Å²) >= 11 is 0. The minimum absolute atomic E-state index is 0.168. The first kappa shape index (κ1) is 8.64. The van der Waals surface area contributed by atoms with E-state index in [2.05, 4.69) is 15.1 Å². The number of hydrogen-bond donors (Lipinski definition) is 1. The fraction of sp³-hybridized carbons (Fsp3) is 0.375. The van der Waals surface area contributed by atoms with E-state index in [1.807, 2.05) is 13.8 Å². The highest BCUT2D eigenvalue weighted by Gasteiger charge is 2.08. The molecule has 1 rings (SSSR count). The second-order valence-electron chi connectivity index (χ2n) is 2.77. The van der Waals surface area contributed by atoms with Crippen molar-refractivity contribution in [3.8, 4) is 0 Å². The van der Waals surface area contributed by atoms with Crippen molar-refractivity contribution in [2.24, 2.45) is 11.1 Å². The SMILES string of the molecule is CC(C)C(=NO)c1cncnc1. The molecule has 0 atom stereocenters. The molecule has 1 N–H and O–H groups in total. The molecule has 0 aromatic carbocycles. The van der Waals surface area contributed by atoms with Crippen LogP contribution in [0.1, 0.15) is 19.4 Å². The third kappa shape index (κ3) is 1.78. The van der Waals surface area contributed by atoms with Crippen LogP contribution in [0, 0.1) is 5.92 Å². The minimum Gasteiger partial charge on any atom is -0.411 e. The van der Waals surface area contributed by atoms with Crippen molar-refractivity contribution in [2.45, 2.75) is 13.8 Å². The Morgan fingerprint density at radius 2 is 2.00 bits per heavy atom. The van der Waals surface area contributed by atoms with Crippen LogP contribution in [-0.4, -0.2) is 20.9 Å². The van der Waals surface area contributed by atoms with E-state index in [0.29, 0.717) is 5.71 Å². The summed E-state index contributed by atoms with van der Waals surface area (Å²) in [5.41, 5.74) is 1.37. The molecule has 0 saturated carbocycles. The standard InChI is InChI=1S/C8H11N3O/c1-6(2)8(11-12)7-3-9-5-10-4-7/h3-6,12H,1-2H3. The lowest BCUT2D eigenvalue weighted by Gasteiger charge is -2.05. The second kappa shape index (κ2) is 3.80. The summed E-state index contributed by atoms with van der Waals surface area (Å²) in [4.78, 5) is 7.67. The molecule has 64 valence electrons. The van der Waals surface area contributed by atoms with Crippen LogP contribution in [0.4, 0.5) is 0 Å². The van der Waals surface area contributed by atoms with Crippen molar-refractivity contribution in [3.63, 3.8) is 0 Å². The van der Waals surface area contributed by atoms with E-state index in [1.165, 1.54) is 6.33 Å². The third-order valence-electron chi connectivity index (χ3n) is 1.51. The molecule has 0 aliphatic heterocycles. The van der Waals surface area contributed by atoms with Gasteiger partial charge in [-0.1, -0.05) is 19.0 Å². The summed E-state index contributed by atoms with van der Waals surface area (Å²) in [5.74, 6) is 0.168. The Kier molecular flexibility index (Phi) is 2.74. The molecule has 1 heterocycles. The predicted octanol–water partition coefficient (Wildman–Crippen LogP) is 1.31. The number of nitrogens with zero attached hydrogens (tertiary/aromatic N) is 3. The van der Waals surface area contributed by atoms with Gasteiger partial charge >= 0.3 is 0 Å². The van der Waals surface area contributed by atoms with Gasteiger partial charge in [0.2, 0.25) is 0 Å². The van der Waals surface area contributed by atoms with Gasteiger partial charge in [0.15, 0.2) is 0 Å². The van der Waals surface area contributed by atoms with Crippen molar-refractivity contribution < 1.29 is 5.21 Å². The molecule has 12 heavy (non-hydrogen) atoms. The number of oxime groups is 1. The first-order valence-electron chi connectivity index (χ1n) is 3.73. The molecular weight excluding hydrogens is 154 g/mol. The van der Waals surface area contributed by atoms with Crippen LogP contribution in [0.3, 0.4) is 0 Å². The zero-order chi connectivity index (χ0) is 8.97. The third-order valence-corrected chi connectivity index (χ3v) is 1.51. The van der Waals surface area contributed by atoms with Gasteiger partial charge in [-0.15, -0.1) is 0 Å². The maximum atomic E-state index is 8.68. The van der Waals surface area contributed by atoms with Gasteiger partial charge < -0.3 is 5.21 Å². The number of aromatic nitrogens is 2. The molecule has 0 bridgehead atoms. The first-order valence-corrected chi connectivity index (χ1v) is 3.73. The highest BCUT2D eigenvalue weighted by Crippen LogP contribution is 2.06. The maximum absolute atomic E-state index is 8.68. The van der Waals surface area contributed by atoms with Crippen molar-refractivity contribution in [3.05, 3.63) is 24.3 Å². The fourth-order valence-electron chi connectivity index (χ4n) is 0.938. The number of hydrogen-bond acceptors (Lipinski definition) is 4. The number of rotatable bonds is 2. The Bertz CT molecular complexity index is 269. The Morgan fingerprint density at radius 1 is 1.42 bits per heavy atom. The molecule has 0 aliphatic rings. The van der Waals surface area contributed by atoms with Gasteiger partial charge in [0.1, 0.15) is 6.33 Å². The van der Waals surface area contributed by atoms with Crippen LogP contribution in [0.2, 0.25) is 0 Å². The van der Waals surface area contributed by atoms with Crippen LogP contribution in [0.25, 0.3) is 0 Å². The van der Waals surface area contributed by atoms with Gasteiger partial charge in [-0.2, -0.15) is 0 Å². The molecule has 0 fully saturated rings. The molecule has 4 heteroatoms. The average molecular weight is 165 g/mol. The van der Waals surface area contributed by atoms with Gasteiger partial charge in [0, 0.05) is 18.0 Å². The van der Waals surface area contributed by atoms with Gasteiger partial charge in [0.05, 0.1) is 5.71 Å². The Hall–Kier alpha value is -1.45. The fourth-order valence-corrected chi connectivity index (χ4v) is 0.938. The zero-order valence-electron chi connectivity index (χ0n) is 7.10. The van der Waals surface area contributed by atoms with E-state index in [0.717, 1.165) is 5.56 Å². The van der Waals surface area contributed by atoms with Crippen LogP contribution < -0.4 is 0 Å². The predicted molar refractivity (Wildman–Crippen MR) is 45.2 cm³/mol. The lowest BCUT2D eigenvalue weighted by atomic mass is 10.0. The molecule has 4 nitrogen and oxygen atoms in total. The quantitative estimate of drug-likeness (QED) is 0.408. The molecule has 1 aromatic rings. The molecular formula is C8H11N3O. The highest BCUT2D eigenvalue weighted by atomic mass is 16.4. The topological polar surface area (TPSA) is 58.4 Å². The average Bonchev–Trinajstić information content (AvgIpc) is 2.07. The van der Waals surface area contributed by atoms with Crippen LogP contribution in [0.5, 0.6) is 0 Å². The van der Waals surface area contributed by atoms with E-state index in [9.17, 15) is 0 Å². The molecule has 0 saturated heterocycles. The monoisotopic (exact) mass is 165 g/mol. The van der Waals surface area contributed by atoms with E-state index in [4.69, 9.17) is 5.21 Å². The van der Waals surface area contributed by atoms with Crippen molar-refractivity contribution in [1.29, 1.82) is 0 Å². The van der Waals surface area contributed by atoms with Gasteiger partial charge in [0.25, 0.3) is 0 Å². The lowest BCUT2D eigenvalue weighted by molar-refractivity contribution is 0.316. The van der Waals surface area contributed by atoms with E-state index < -0.39 is 0 Å². The maximum Gasteiger partial charge on any atom is 0.115 e. The molecule has 1 aromatic heterocycles. The van der Waals surface area contributed by atoms with E-state index >= 15 is 0 Å².